The highest BCUT2D eigenvalue weighted by molar-refractivity contribution is 6.31. The molecule has 1 aliphatic carbocycles. The summed E-state index contributed by atoms with van der Waals surface area (Å²) >= 11 is 6.30. The zero-order chi connectivity index (χ0) is 20.6. The van der Waals surface area contributed by atoms with Gasteiger partial charge in [0.15, 0.2) is 0 Å². The zero-order valence-corrected chi connectivity index (χ0v) is 17.8. The van der Waals surface area contributed by atoms with Gasteiger partial charge in [0.25, 0.3) is 0 Å². The molecule has 0 radical (unpaired) electrons. The summed E-state index contributed by atoms with van der Waals surface area (Å²) in [6, 6.07) is 11.9. The standard InChI is InChI=1S/C23H28ClN3O3/c24-19-5-7-22(26-10-13-30-23(16-26)8-11-29-12-9-23)21(15-19)25-27(28)20-6-4-17-2-1-3-18(17)14-20/h4-7,14-15,25,28H,1-3,8-13,16H2. The Hall–Kier alpha value is -1.99. The topological polar surface area (TPSA) is 57.2 Å². The first-order chi connectivity index (χ1) is 14.6. The van der Waals surface area contributed by atoms with Gasteiger partial charge in [-0.15, -0.1) is 0 Å². The predicted octanol–water partition coefficient (Wildman–Crippen LogP) is 4.44. The van der Waals surface area contributed by atoms with E-state index in [-0.39, 0.29) is 5.60 Å². The van der Waals surface area contributed by atoms with Crippen molar-refractivity contribution >= 4 is 28.7 Å². The predicted molar refractivity (Wildman–Crippen MR) is 119 cm³/mol. The van der Waals surface area contributed by atoms with Crippen LogP contribution in [0.4, 0.5) is 17.1 Å². The zero-order valence-electron chi connectivity index (χ0n) is 17.1. The molecule has 160 valence electrons. The van der Waals surface area contributed by atoms with Crippen LogP contribution in [0.15, 0.2) is 36.4 Å². The number of nitrogens with one attached hydrogen (secondary N) is 1. The van der Waals surface area contributed by atoms with Crippen molar-refractivity contribution in [2.45, 2.75) is 37.7 Å². The molecule has 0 saturated carbocycles. The quantitative estimate of drug-likeness (QED) is 0.701. The summed E-state index contributed by atoms with van der Waals surface area (Å²) in [4.78, 5) is 2.32. The monoisotopic (exact) mass is 429 g/mol. The van der Waals surface area contributed by atoms with Gasteiger partial charge in [-0.3, -0.25) is 10.6 Å². The summed E-state index contributed by atoms with van der Waals surface area (Å²) in [6.07, 6.45) is 5.18. The summed E-state index contributed by atoms with van der Waals surface area (Å²) < 4.78 is 11.7. The molecule has 30 heavy (non-hydrogen) atoms. The fourth-order valence-electron chi connectivity index (χ4n) is 4.84. The molecule has 0 aromatic heterocycles. The molecular formula is C23H28ClN3O3. The van der Waals surface area contributed by atoms with Crippen molar-refractivity contribution in [3.05, 3.63) is 52.5 Å². The van der Waals surface area contributed by atoms with Crippen LogP contribution in [-0.2, 0) is 22.3 Å². The number of halogens is 1. The Kier molecular flexibility index (Phi) is 5.50. The third kappa shape index (κ3) is 3.97. The van der Waals surface area contributed by atoms with Gasteiger partial charge >= 0.3 is 0 Å². The third-order valence-electron chi connectivity index (χ3n) is 6.50. The number of hydrogen-bond donors (Lipinski definition) is 2. The van der Waals surface area contributed by atoms with E-state index in [9.17, 15) is 5.21 Å². The van der Waals surface area contributed by atoms with E-state index >= 15 is 0 Å². The van der Waals surface area contributed by atoms with Gasteiger partial charge in [-0.05, 0) is 60.7 Å². The molecule has 3 aliphatic rings. The maximum Gasteiger partial charge on any atom is 0.0901 e. The summed E-state index contributed by atoms with van der Waals surface area (Å²) in [5.41, 5.74) is 8.19. The number of anilines is 3. The van der Waals surface area contributed by atoms with Gasteiger partial charge in [0, 0.05) is 44.2 Å². The molecule has 0 atom stereocenters. The van der Waals surface area contributed by atoms with Crippen molar-refractivity contribution in [1.82, 2.24) is 0 Å². The van der Waals surface area contributed by atoms with E-state index < -0.39 is 0 Å². The van der Waals surface area contributed by atoms with Crippen molar-refractivity contribution in [1.29, 1.82) is 0 Å². The first-order valence-electron chi connectivity index (χ1n) is 10.8. The van der Waals surface area contributed by atoms with Gasteiger partial charge in [0.2, 0.25) is 0 Å². The Morgan fingerprint density at radius 1 is 1.03 bits per heavy atom. The lowest BCUT2D eigenvalue weighted by atomic mass is 9.92. The van der Waals surface area contributed by atoms with Crippen LogP contribution in [0.1, 0.15) is 30.4 Å². The van der Waals surface area contributed by atoms with E-state index in [4.69, 9.17) is 21.1 Å². The normalized spacial score (nSPS) is 20.3. The number of morpholine rings is 1. The molecule has 2 fully saturated rings. The SMILES string of the molecule is ON(Nc1cc(Cl)ccc1N1CCOC2(CCOCC2)C1)c1ccc2c(c1)CCC2. The smallest absolute Gasteiger partial charge is 0.0901 e. The van der Waals surface area contributed by atoms with Crippen LogP contribution in [0.5, 0.6) is 0 Å². The van der Waals surface area contributed by atoms with Crippen molar-refractivity contribution in [3.63, 3.8) is 0 Å². The number of rotatable bonds is 4. The third-order valence-corrected chi connectivity index (χ3v) is 6.74. The van der Waals surface area contributed by atoms with Gasteiger partial charge in [-0.1, -0.05) is 17.7 Å². The lowest BCUT2D eigenvalue weighted by Gasteiger charge is -2.46. The molecule has 0 bridgehead atoms. The van der Waals surface area contributed by atoms with Gasteiger partial charge in [-0.25, -0.2) is 0 Å². The number of aryl methyl sites for hydroxylation is 2. The number of fused-ring (bicyclic) bond motifs is 1. The number of hydrogen-bond acceptors (Lipinski definition) is 6. The lowest BCUT2D eigenvalue weighted by Crippen LogP contribution is -2.54. The maximum absolute atomic E-state index is 10.8. The van der Waals surface area contributed by atoms with Gasteiger partial charge in [-0.2, -0.15) is 5.17 Å². The molecular weight excluding hydrogens is 402 g/mol. The second-order valence-corrected chi connectivity index (χ2v) is 8.89. The van der Waals surface area contributed by atoms with E-state index in [0.717, 1.165) is 74.2 Å². The Morgan fingerprint density at radius 2 is 1.87 bits per heavy atom. The molecule has 6 nitrogen and oxygen atoms in total. The Labute approximate surface area is 182 Å². The van der Waals surface area contributed by atoms with E-state index in [1.807, 2.05) is 24.3 Å². The first kappa shape index (κ1) is 19.9. The number of benzene rings is 2. The van der Waals surface area contributed by atoms with Gasteiger partial charge < -0.3 is 14.4 Å². The summed E-state index contributed by atoms with van der Waals surface area (Å²) in [5, 5.41) is 12.5. The molecule has 2 aliphatic heterocycles. The highest BCUT2D eigenvalue weighted by atomic mass is 35.5. The molecule has 1 spiro atoms. The molecule has 7 heteroatoms. The fraction of sp³-hybridized carbons (Fsp3) is 0.478. The summed E-state index contributed by atoms with van der Waals surface area (Å²) in [7, 11) is 0. The second kappa shape index (κ2) is 8.27. The number of nitrogens with zero attached hydrogens (tertiary/aromatic N) is 2. The van der Waals surface area contributed by atoms with Crippen LogP contribution in [0.25, 0.3) is 0 Å². The van der Waals surface area contributed by atoms with E-state index in [1.54, 1.807) is 0 Å². The van der Waals surface area contributed by atoms with E-state index in [1.165, 1.54) is 17.5 Å². The van der Waals surface area contributed by atoms with Crippen LogP contribution < -0.4 is 15.5 Å². The van der Waals surface area contributed by atoms with Crippen molar-refractivity contribution in [3.8, 4) is 0 Å². The summed E-state index contributed by atoms with van der Waals surface area (Å²) in [5.74, 6) is 0. The minimum atomic E-state index is -0.160. The van der Waals surface area contributed by atoms with E-state index in [0.29, 0.717) is 11.6 Å². The van der Waals surface area contributed by atoms with Crippen LogP contribution in [0.2, 0.25) is 5.02 Å². The Bertz CT molecular complexity index is 911. The molecule has 0 unspecified atom stereocenters. The highest BCUT2D eigenvalue weighted by Crippen LogP contribution is 2.36. The minimum absolute atomic E-state index is 0.160. The first-order valence-corrected chi connectivity index (χ1v) is 11.1. The van der Waals surface area contributed by atoms with Crippen LogP contribution >= 0.6 is 11.6 Å². The molecule has 2 N–H and O–H groups in total. The molecule has 2 heterocycles. The van der Waals surface area contributed by atoms with Crippen LogP contribution in [0.3, 0.4) is 0 Å². The Morgan fingerprint density at radius 3 is 2.73 bits per heavy atom. The minimum Gasteiger partial charge on any atom is -0.381 e. The van der Waals surface area contributed by atoms with Crippen LogP contribution in [0, 0.1) is 0 Å². The number of hydrazine groups is 1. The molecule has 2 aromatic rings. The highest BCUT2D eigenvalue weighted by Gasteiger charge is 2.39. The molecule has 0 amide bonds. The average molecular weight is 430 g/mol. The van der Waals surface area contributed by atoms with E-state index in [2.05, 4.69) is 22.5 Å². The molecule has 5 rings (SSSR count). The molecule has 2 aromatic carbocycles. The van der Waals surface area contributed by atoms with Crippen LogP contribution in [-0.4, -0.2) is 43.7 Å². The average Bonchev–Trinajstić information content (AvgIpc) is 3.22. The van der Waals surface area contributed by atoms with Gasteiger partial charge in [0.1, 0.15) is 0 Å². The second-order valence-electron chi connectivity index (χ2n) is 8.46. The van der Waals surface area contributed by atoms with Crippen molar-refractivity contribution < 1.29 is 14.7 Å². The number of ether oxygens (including phenoxy) is 2. The van der Waals surface area contributed by atoms with Crippen molar-refractivity contribution in [2.24, 2.45) is 0 Å². The summed E-state index contributed by atoms with van der Waals surface area (Å²) in [6.45, 7) is 3.75. The Balaban J connectivity index is 1.38. The maximum atomic E-state index is 10.8. The van der Waals surface area contributed by atoms with Crippen molar-refractivity contribution in [2.75, 3.05) is 48.4 Å². The fourth-order valence-corrected chi connectivity index (χ4v) is 5.01. The largest absolute Gasteiger partial charge is 0.381 e. The lowest BCUT2D eigenvalue weighted by molar-refractivity contribution is -0.116. The van der Waals surface area contributed by atoms with Gasteiger partial charge in [0.05, 0.1) is 29.3 Å². The molecule has 2 saturated heterocycles.